The van der Waals surface area contributed by atoms with Gasteiger partial charge in [-0.2, -0.15) is 0 Å². The van der Waals surface area contributed by atoms with Gasteiger partial charge in [0.05, 0.1) is 24.3 Å². The topological polar surface area (TPSA) is 48.0 Å². The zero-order valence-corrected chi connectivity index (χ0v) is 12.5. The molecule has 0 radical (unpaired) electrons. The number of halogens is 2. The van der Waals surface area contributed by atoms with E-state index in [2.05, 4.69) is 15.0 Å². The van der Waals surface area contributed by atoms with Crippen LogP contribution < -0.4 is 0 Å². The molecule has 0 saturated heterocycles. The fourth-order valence-electron chi connectivity index (χ4n) is 2.72. The lowest BCUT2D eigenvalue weighted by molar-refractivity contribution is 0.127. The summed E-state index contributed by atoms with van der Waals surface area (Å²) >= 11 is 0. The standard InChI is InChI=1S/C17H13F2N5/c18-14(19)10-24-11-22-16(13-3-1-2-6-20-13)17(24)12-4-5-15-21-7-8-23(15)9-12/h1-9,11,14H,10H2. The molecule has 0 amide bonds. The summed E-state index contributed by atoms with van der Waals surface area (Å²) in [5, 5.41) is 0. The maximum absolute atomic E-state index is 13.0. The third kappa shape index (κ3) is 2.54. The number of aromatic nitrogens is 5. The zero-order valence-electron chi connectivity index (χ0n) is 12.5. The predicted molar refractivity (Wildman–Crippen MR) is 85.6 cm³/mol. The van der Waals surface area contributed by atoms with E-state index >= 15 is 0 Å². The van der Waals surface area contributed by atoms with Gasteiger partial charge in [-0.1, -0.05) is 6.07 Å². The number of nitrogens with zero attached hydrogens (tertiary/aromatic N) is 5. The average molecular weight is 325 g/mol. The van der Waals surface area contributed by atoms with Crippen molar-refractivity contribution in [2.45, 2.75) is 13.0 Å². The lowest BCUT2D eigenvalue weighted by atomic mass is 10.1. The van der Waals surface area contributed by atoms with Crippen LogP contribution in [0.25, 0.3) is 28.3 Å². The van der Waals surface area contributed by atoms with Gasteiger partial charge in [0.15, 0.2) is 0 Å². The van der Waals surface area contributed by atoms with Crippen molar-refractivity contribution in [2.24, 2.45) is 0 Å². The van der Waals surface area contributed by atoms with Crippen LogP contribution in [0, 0.1) is 0 Å². The van der Waals surface area contributed by atoms with Crippen molar-refractivity contribution in [1.29, 1.82) is 0 Å². The first-order valence-electron chi connectivity index (χ1n) is 7.40. The molecule has 4 aromatic rings. The molecule has 5 nitrogen and oxygen atoms in total. The first-order chi connectivity index (χ1) is 11.7. The largest absolute Gasteiger partial charge is 0.324 e. The van der Waals surface area contributed by atoms with Gasteiger partial charge in [-0.3, -0.25) is 4.98 Å². The summed E-state index contributed by atoms with van der Waals surface area (Å²) in [5.74, 6) is 0. The Kier molecular flexibility index (Phi) is 3.53. The molecule has 24 heavy (non-hydrogen) atoms. The molecule has 0 saturated carbocycles. The molecule has 0 unspecified atom stereocenters. The van der Waals surface area contributed by atoms with Crippen molar-refractivity contribution in [2.75, 3.05) is 0 Å². The van der Waals surface area contributed by atoms with Gasteiger partial charge in [0, 0.05) is 30.4 Å². The molecule has 0 atom stereocenters. The van der Waals surface area contributed by atoms with Crippen LogP contribution in [0.2, 0.25) is 0 Å². The maximum Gasteiger partial charge on any atom is 0.256 e. The summed E-state index contributed by atoms with van der Waals surface area (Å²) in [6.07, 6.45) is 5.98. The van der Waals surface area contributed by atoms with E-state index in [0.717, 1.165) is 11.2 Å². The van der Waals surface area contributed by atoms with E-state index in [1.807, 2.05) is 41.1 Å². The van der Waals surface area contributed by atoms with Gasteiger partial charge in [0.1, 0.15) is 11.3 Å². The van der Waals surface area contributed by atoms with Gasteiger partial charge in [0.2, 0.25) is 0 Å². The molecule has 0 bridgehead atoms. The fraction of sp³-hybridized carbons (Fsp3) is 0.118. The highest BCUT2D eigenvalue weighted by Crippen LogP contribution is 2.30. The minimum absolute atomic E-state index is 0.420. The molecule has 0 spiro atoms. The van der Waals surface area contributed by atoms with E-state index in [0.29, 0.717) is 17.1 Å². The Morgan fingerprint density at radius 3 is 2.71 bits per heavy atom. The van der Waals surface area contributed by atoms with Crippen LogP contribution in [-0.4, -0.2) is 30.3 Å². The van der Waals surface area contributed by atoms with Crippen LogP contribution >= 0.6 is 0 Å². The number of alkyl halides is 2. The summed E-state index contributed by atoms with van der Waals surface area (Å²) in [6.45, 7) is -0.420. The van der Waals surface area contributed by atoms with Crippen LogP contribution in [0.3, 0.4) is 0 Å². The number of pyridine rings is 2. The summed E-state index contributed by atoms with van der Waals surface area (Å²) in [6, 6.07) is 9.16. The first kappa shape index (κ1) is 14.5. The summed E-state index contributed by atoms with van der Waals surface area (Å²) in [5.41, 5.74) is 3.41. The number of hydrogen-bond donors (Lipinski definition) is 0. The van der Waals surface area contributed by atoms with E-state index in [4.69, 9.17) is 0 Å². The molecule has 0 aliphatic heterocycles. The molecule has 0 aliphatic rings. The third-order valence-corrected chi connectivity index (χ3v) is 3.74. The summed E-state index contributed by atoms with van der Waals surface area (Å²) < 4.78 is 29.2. The SMILES string of the molecule is FC(F)Cn1cnc(-c2ccccn2)c1-c1ccc2nccn2c1. The number of imidazole rings is 2. The van der Waals surface area contributed by atoms with Gasteiger partial charge < -0.3 is 8.97 Å². The minimum Gasteiger partial charge on any atom is -0.324 e. The monoisotopic (exact) mass is 325 g/mol. The van der Waals surface area contributed by atoms with Crippen LogP contribution in [-0.2, 0) is 6.54 Å². The molecule has 4 heterocycles. The molecule has 0 fully saturated rings. The fourth-order valence-corrected chi connectivity index (χ4v) is 2.72. The van der Waals surface area contributed by atoms with Crippen molar-refractivity contribution in [3.63, 3.8) is 0 Å². The van der Waals surface area contributed by atoms with Crippen molar-refractivity contribution in [3.05, 3.63) is 61.4 Å². The molecular weight excluding hydrogens is 312 g/mol. The van der Waals surface area contributed by atoms with E-state index < -0.39 is 13.0 Å². The molecule has 0 aliphatic carbocycles. The van der Waals surface area contributed by atoms with E-state index in [-0.39, 0.29) is 0 Å². The van der Waals surface area contributed by atoms with Crippen LogP contribution in [0.5, 0.6) is 0 Å². The number of rotatable bonds is 4. The van der Waals surface area contributed by atoms with Crippen LogP contribution in [0.4, 0.5) is 8.78 Å². The molecule has 120 valence electrons. The van der Waals surface area contributed by atoms with Crippen molar-refractivity contribution >= 4 is 5.65 Å². The van der Waals surface area contributed by atoms with Crippen LogP contribution in [0.1, 0.15) is 0 Å². The molecule has 0 N–H and O–H groups in total. The maximum atomic E-state index is 13.0. The van der Waals surface area contributed by atoms with Crippen molar-refractivity contribution in [3.8, 4) is 22.6 Å². The number of fused-ring (bicyclic) bond motifs is 1. The molecule has 7 heteroatoms. The molecule has 4 rings (SSSR count). The normalized spacial score (nSPS) is 11.5. The Hall–Kier alpha value is -3.09. The van der Waals surface area contributed by atoms with Crippen molar-refractivity contribution < 1.29 is 8.78 Å². The summed E-state index contributed by atoms with van der Waals surface area (Å²) in [4.78, 5) is 12.8. The second-order valence-corrected chi connectivity index (χ2v) is 5.31. The van der Waals surface area contributed by atoms with Crippen LogP contribution in [0.15, 0.2) is 61.4 Å². The Morgan fingerprint density at radius 1 is 1.00 bits per heavy atom. The van der Waals surface area contributed by atoms with Gasteiger partial charge >= 0.3 is 0 Å². The highest BCUT2D eigenvalue weighted by molar-refractivity contribution is 5.77. The van der Waals surface area contributed by atoms with E-state index in [1.54, 1.807) is 18.5 Å². The minimum atomic E-state index is -2.47. The highest BCUT2D eigenvalue weighted by Gasteiger charge is 2.18. The molecule has 4 aromatic heterocycles. The smallest absolute Gasteiger partial charge is 0.256 e. The first-order valence-corrected chi connectivity index (χ1v) is 7.40. The third-order valence-electron chi connectivity index (χ3n) is 3.74. The Morgan fingerprint density at radius 2 is 1.92 bits per heavy atom. The van der Waals surface area contributed by atoms with Gasteiger partial charge in [0.25, 0.3) is 6.43 Å². The van der Waals surface area contributed by atoms with Gasteiger partial charge in [-0.25, -0.2) is 18.7 Å². The predicted octanol–water partition coefficient (Wildman–Crippen LogP) is 3.52. The lowest BCUT2D eigenvalue weighted by Crippen LogP contribution is -2.07. The van der Waals surface area contributed by atoms with E-state index in [1.165, 1.54) is 10.9 Å². The lowest BCUT2D eigenvalue weighted by Gasteiger charge is -2.10. The Bertz CT molecular complexity index is 975. The quantitative estimate of drug-likeness (QED) is 0.577. The number of hydrogen-bond acceptors (Lipinski definition) is 3. The van der Waals surface area contributed by atoms with Gasteiger partial charge in [-0.05, 0) is 24.3 Å². The average Bonchev–Trinajstić information content (AvgIpc) is 3.21. The molecular formula is C17H13F2N5. The zero-order chi connectivity index (χ0) is 16.5. The van der Waals surface area contributed by atoms with Crippen molar-refractivity contribution in [1.82, 2.24) is 23.9 Å². The van der Waals surface area contributed by atoms with E-state index in [9.17, 15) is 8.78 Å². The second-order valence-electron chi connectivity index (χ2n) is 5.31. The second kappa shape index (κ2) is 5.84. The molecule has 0 aromatic carbocycles. The van der Waals surface area contributed by atoms with Gasteiger partial charge in [-0.15, -0.1) is 0 Å². The Balaban J connectivity index is 1.91. The summed E-state index contributed by atoms with van der Waals surface area (Å²) in [7, 11) is 0. The highest BCUT2D eigenvalue weighted by atomic mass is 19.3. The Labute approximate surface area is 136 Å².